The average Bonchev–Trinajstić information content (AvgIpc) is 3.01. The molecule has 0 amide bonds. The minimum Gasteiger partial charge on any atom is -0.306 e. The molecule has 5 heteroatoms. The van der Waals surface area contributed by atoms with Gasteiger partial charge in [0.1, 0.15) is 5.65 Å². The lowest BCUT2D eigenvalue weighted by Crippen LogP contribution is -2.06. The van der Waals surface area contributed by atoms with Gasteiger partial charge in [0.05, 0.1) is 15.9 Å². The van der Waals surface area contributed by atoms with Gasteiger partial charge in [-0.1, -0.05) is 23.5 Å². The molecule has 0 atom stereocenters. The summed E-state index contributed by atoms with van der Waals surface area (Å²) in [4.78, 5) is 16.4. The molecule has 0 bridgehead atoms. The predicted octanol–water partition coefficient (Wildman–Crippen LogP) is 2.91. The molecule has 3 heterocycles. The third kappa shape index (κ3) is 1.60. The highest BCUT2D eigenvalue weighted by molar-refractivity contribution is 7.16. The number of aryl methyl sites for hydroxylation is 1. The monoisotopic (exact) mass is 281 g/mol. The molecule has 0 radical (unpaired) electrons. The molecule has 3 aromatic heterocycles. The van der Waals surface area contributed by atoms with Crippen molar-refractivity contribution in [3.63, 3.8) is 0 Å². The van der Waals surface area contributed by atoms with Crippen molar-refractivity contribution >= 4 is 27.2 Å². The van der Waals surface area contributed by atoms with Crippen molar-refractivity contribution in [3.05, 3.63) is 58.5 Å². The van der Waals surface area contributed by atoms with Crippen molar-refractivity contribution in [1.29, 1.82) is 0 Å². The van der Waals surface area contributed by atoms with E-state index in [1.165, 1.54) is 11.3 Å². The summed E-state index contributed by atoms with van der Waals surface area (Å²) in [5.74, 6) is 0. The number of pyridine rings is 1. The van der Waals surface area contributed by atoms with Gasteiger partial charge < -0.3 is 8.97 Å². The van der Waals surface area contributed by atoms with Crippen molar-refractivity contribution in [2.75, 3.05) is 0 Å². The number of hydrogen-bond acceptors (Lipinski definition) is 3. The zero-order chi connectivity index (χ0) is 13.7. The molecule has 20 heavy (non-hydrogen) atoms. The second-order valence-corrected chi connectivity index (χ2v) is 5.69. The highest BCUT2D eigenvalue weighted by atomic mass is 32.1. The molecule has 4 aromatic rings. The number of imidazole rings is 1. The Morgan fingerprint density at radius 2 is 2.10 bits per heavy atom. The molecule has 0 saturated heterocycles. The van der Waals surface area contributed by atoms with Gasteiger partial charge in [-0.25, -0.2) is 4.98 Å². The van der Waals surface area contributed by atoms with Crippen LogP contribution in [-0.2, 0) is 7.05 Å². The highest BCUT2D eigenvalue weighted by Gasteiger charge is 2.08. The molecule has 0 aliphatic carbocycles. The number of aromatic nitrogens is 3. The normalized spacial score (nSPS) is 11.4. The number of hydrogen-bond donors (Lipinski definition) is 0. The maximum atomic E-state index is 11.7. The van der Waals surface area contributed by atoms with Crippen LogP contribution in [0.5, 0.6) is 0 Å². The van der Waals surface area contributed by atoms with E-state index in [1.807, 2.05) is 53.2 Å². The van der Waals surface area contributed by atoms with Crippen LogP contribution in [0.3, 0.4) is 0 Å². The molecule has 1 aromatic carbocycles. The summed E-state index contributed by atoms with van der Waals surface area (Å²) in [5, 5.41) is 0. The molecule has 0 fully saturated rings. The van der Waals surface area contributed by atoms with Crippen molar-refractivity contribution < 1.29 is 0 Å². The third-order valence-corrected chi connectivity index (χ3v) is 4.46. The Labute approximate surface area is 118 Å². The van der Waals surface area contributed by atoms with Crippen LogP contribution in [0, 0.1) is 0 Å². The van der Waals surface area contributed by atoms with E-state index in [9.17, 15) is 4.79 Å². The number of benzene rings is 1. The van der Waals surface area contributed by atoms with Gasteiger partial charge in [0.15, 0.2) is 0 Å². The lowest BCUT2D eigenvalue weighted by molar-refractivity contribution is 0.939. The lowest BCUT2D eigenvalue weighted by atomic mass is 10.1. The van der Waals surface area contributed by atoms with Crippen LogP contribution in [0.25, 0.3) is 27.1 Å². The molecule has 0 spiro atoms. The fraction of sp³-hybridized carbons (Fsp3) is 0.0667. The molecule has 4 nitrogen and oxygen atoms in total. The zero-order valence-electron chi connectivity index (χ0n) is 10.8. The van der Waals surface area contributed by atoms with Gasteiger partial charge >= 0.3 is 4.87 Å². The third-order valence-electron chi connectivity index (χ3n) is 3.45. The van der Waals surface area contributed by atoms with Gasteiger partial charge in [-0.05, 0) is 24.3 Å². The molecule has 98 valence electrons. The minimum atomic E-state index is 0.0622. The Kier molecular flexibility index (Phi) is 2.31. The summed E-state index contributed by atoms with van der Waals surface area (Å²) in [6.45, 7) is 0. The van der Waals surface area contributed by atoms with Gasteiger partial charge in [-0.3, -0.25) is 4.79 Å². The van der Waals surface area contributed by atoms with Crippen molar-refractivity contribution in [3.8, 4) is 11.3 Å². The lowest BCUT2D eigenvalue weighted by Gasteiger charge is -1.98. The number of rotatable bonds is 1. The summed E-state index contributed by atoms with van der Waals surface area (Å²) >= 11 is 1.27. The van der Waals surface area contributed by atoms with Crippen molar-refractivity contribution in [2.45, 2.75) is 0 Å². The van der Waals surface area contributed by atoms with E-state index in [-0.39, 0.29) is 4.87 Å². The largest absolute Gasteiger partial charge is 0.307 e. The van der Waals surface area contributed by atoms with Gasteiger partial charge in [0.2, 0.25) is 0 Å². The molecular formula is C15H11N3OS. The minimum absolute atomic E-state index is 0.0622. The highest BCUT2D eigenvalue weighted by Crippen LogP contribution is 2.25. The topological polar surface area (TPSA) is 39.3 Å². The van der Waals surface area contributed by atoms with Crippen molar-refractivity contribution in [1.82, 2.24) is 14.0 Å². The first-order valence-electron chi connectivity index (χ1n) is 6.26. The molecule has 0 saturated carbocycles. The van der Waals surface area contributed by atoms with E-state index in [0.717, 1.165) is 27.1 Å². The SMILES string of the molecule is Cn1c(=O)sc2ccc(-c3cn4ccccc4n3)cc21. The number of nitrogens with zero attached hydrogens (tertiary/aromatic N) is 3. The van der Waals surface area contributed by atoms with Crippen LogP contribution in [0.15, 0.2) is 53.6 Å². The van der Waals surface area contributed by atoms with E-state index in [4.69, 9.17) is 0 Å². The Morgan fingerprint density at radius 3 is 2.95 bits per heavy atom. The van der Waals surface area contributed by atoms with Crippen LogP contribution in [0.2, 0.25) is 0 Å². The molecule has 0 N–H and O–H groups in total. The first-order chi connectivity index (χ1) is 9.72. The van der Waals surface area contributed by atoms with E-state index in [2.05, 4.69) is 4.98 Å². The Morgan fingerprint density at radius 1 is 1.20 bits per heavy atom. The summed E-state index contributed by atoms with van der Waals surface area (Å²) in [5.41, 5.74) is 3.81. The molecule has 0 aliphatic heterocycles. The smallest absolute Gasteiger partial charge is 0.306 e. The predicted molar refractivity (Wildman–Crippen MR) is 81.3 cm³/mol. The Bertz CT molecular complexity index is 960. The summed E-state index contributed by atoms with van der Waals surface area (Å²) in [6.07, 6.45) is 3.98. The van der Waals surface area contributed by atoms with Gasteiger partial charge in [-0.15, -0.1) is 0 Å². The summed E-state index contributed by atoms with van der Waals surface area (Å²) in [7, 11) is 1.80. The summed E-state index contributed by atoms with van der Waals surface area (Å²) < 4.78 is 4.68. The van der Waals surface area contributed by atoms with Crippen LogP contribution < -0.4 is 4.87 Å². The van der Waals surface area contributed by atoms with E-state index < -0.39 is 0 Å². The van der Waals surface area contributed by atoms with Crippen molar-refractivity contribution in [2.24, 2.45) is 7.05 Å². The molecule has 0 aliphatic rings. The maximum absolute atomic E-state index is 11.7. The zero-order valence-corrected chi connectivity index (χ0v) is 11.6. The van der Waals surface area contributed by atoms with E-state index in [1.54, 1.807) is 11.6 Å². The second-order valence-electron chi connectivity index (χ2n) is 4.70. The molecular weight excluding hydrogens is 270 g/mol. The summed E-state index contributed by atoms with van der Waals surface area (Å²) in [6, 6.07) is 11.9. The number of thiazole rings is 1. The van der Waals surface area contributed by atoms with Gasteiger partial charge in [0, 0.05) is 25.0 Å². The van der Waals surface area contributed by atoms with Gasteiger partial charge in [-0.2, -0.15) is 0 Å². The maximum Gasteiger partial charge on any atom is 0.307 e. The van der Waals surface area contributed by atoms with Gasteiger partial charge in [0.25, 0.3) is 0 Å². The van der Waals surface area contributed by atoms with E-state index in [0.29, 0.717) is 0 Å². The first kappa shape index (κ1) is 11.4. The van der Waals surface area contributed by atoms with Crippen LogP contribution in [-0.4, -0.2) is 14.0 Å². The second kappa shape index (κ2) is 4.05. The Balaban J connectivity index is 1.97. The standard InChI is InChI=1S/C15H11N3OS/c1-17-12-8-10(5-6-13(12)20-15(17)19)11-9-18-7-3-2-4-14(18)16-11/h2-9H,1H3. The van der Waals surface area contributed by atoms with Crippen LogP contribution >= 0.6 is 11.3 Å². The molecule has 0 unspecified atom stereocenters. The fourth-order valence-electron chi connectivity index (χ4n) is 2.36. The quantitative estimate of drug-likeness (QED) is 0.538. The van der Waals surface area contributed by atoms with Crippen LogP contribution in [0.4, 0.5) is 0 Å². The Hall–Kier alpha value is -2.40. The molecule has 4 rings (SSSR count). The van der Waals surface area contributed by atoms with Crippen LogP contribution in [0.1, 0.15) is 0 Å². The average molecular weight is 281 g/mol. The number of fused-ring (bicyclic) bond motifs is 2. The van der Waals surface area contributed by atoms with E-state index >= 15 is 0 Å². The fourth-order valence-corrected chi connectivity index (χ4v) is 3.22. The first-order valence-corrected chi connectivity index (χ1v) is 7.08.